The maximum atomic E-state index is 12.6. The van der Waals surface area contributed by atoms with Gasteiger partial charge in [0, 0.05) is 5.69 Å². The lowest BCUT2D eigenvalue weighted by Crippen LogP contribution is -2.56. The number of hydrogen-bond acceptors (Lipinski definition) is 4. The highest BCUT2D eigenvalue weighted by Crippen LogP contribution is 2.62. The van der Waals surface area contributed by atoms with E-state index in [9.17, 15) is 14.7 Å². The third-order valence-corrected chi connectivity index (χ3v) is 6.67. The maximum Gasteiger partial charge on any atom is 0.307 e. The molecule has 4 aliphatic carbocycles. The highest BCUT2D eigenvalue weighted by atomic mass is 16.5. The minimum atomic E-state index is -0.837. The molecule has 1 amide bonds. The van der Waals surface area contributed by atoms with Crippen LogP contribution in [0.1, 0.15) is 57.4 Å². The standard InChI is InChI=1S/C22H29NO4/c1-14-3-5-18(6-4-14)23-20(25)15(2)27-19(24)12-21-8-16-7-17(9-21)11-22(26,10-16)13-21/h3-6,15-17,26H,7-13H2,1-2H3,(H,23,25)/t15-,16-,17+,21?,22?/m0/s1. The van der Waals surface area contributed by atoms with E-state index in [1.807, 2.05) is 31.2 Å². The van der Waals surface area contributed by atoms with Crippen molar-refractivity contribution in [1.29, 1.82) is 0 Å². The Hall–Kier alpha value is -1.88. The lowest BCUT2D eigenvalue weighted by molar-refractivity contribution is -0.179. The van der Waals surface area contributed by atoms with Crippen LogP contribution in [0.3, 0.4) is 0 Å². The van der Waals surface area contributed by atoms with Crippen molar-refractivity contribution in [2.24, 2.45) is 17.3 Å². The molecule has 0 aliphatic heterocycles. The molecule has 4 fully saturated rings. The Balaban J connectivity index is 1.34. The van der Waals surface area contributed by atoms with E-state index in [-0.39, 0.29) is 17.3 Å². The maximum absolute atomic E-state index is 12.6. The average molecular weight is 371 g/mol. The zero-order valence-electron chi connectivity index (χ0n) is 16.2. The second-order valence-corrected chi connectivity index (χ2v) is 9.35. The van der Waals surface area contributed by atoms with Crippen molar-refractivity contribution in [3.05, 3.63) is 29.8 Å². The van der Waals surface area contributed by atoms with Gasteiger partial charge in [0.2, 0.25) is 0 Å². The van der Waals surface area contributed by atoms with Gasteiger partial charge in [-0.2, -0.15) is 0 Å². The van der Waals surface area contributed by atoms with E-state index in [1.165, 1.54) is 6.42 Å². The van der Waals surface area contributed by atoms with Crippen molar-refractivity contribution in [3.63, 3.8) is 0 Å². The fourth-order valence-electron chi connectivity index (χ4n) is 6.09. The van der Waals surface area contributed by atoms with Crippen LogP contribution in [0.4, 0.5) is 5.69 Å². The molecule has 4 saturated carbocycles. The van der Waals surface area contributed by atoms with Crippen molar-refractivity contribution >= 4 is 17.6 Å². The molecule has 5 atom stereocenters. The molecular weight excluding hydrogens is 342 g/mol. The number of ether oxygens (including phenoxy) is 1. The molecule has 5 nitrogen and oxygen atoms in total. The minimum absolute atomic E-state index is 0.136. The summed E-state index contributed by atoms with van der Waals surface area (Å²) < 4.78 is 5.45. The number of nitrogens with one attached hydrogen (secondary N) is 1. The Morgan fingerprint density at radius 3 is 2.41 bits per heavy atom. The predicted octanol–water partition coefficient (Wildman–Crippen LogP) is 3.59. The van der Waals surface area contributed by atoms with Crippen LogP contribution in [0.2, 0.25) is 0 Å². The zero-order valence-corrected chi connectivity index (χ0v) is 16.2. The molecule has 4 aliphatic rings. The molecule has 5 heteroatoms. The van der Waals surface area contributed by atoms with Crippen molar-refractivity contribution in [2.45, 2.75) is 70.5 Å². The van der Waals surface area contributed by atoms with E-state index in [0.29, 0.717) is 30.4 Å². The average Bonchev–Trinajstić information content (AvgIpc) is 2.53. The van der Waals surface area contributed by atoms with Crippen molar-refractivity contribution < 1.29 is 19.4 Å². The number of carbonyl (C=O) groups excluding carboxylic acids is 2. The summed E-state index contributed by atoms with van der Waals surface area (Å²) in [6.45, 7) is 3.59. The quantitative estimate of drug-likeness (QED) is 0.776. The number of rotatable bonds is 5. The number of aryl methyl sites for hydroxylation is 1. The Kier molecular flexibility index (Phi) is 4.53. The Morgan fingerprint density at radius 2 is 1.81 bits per heavy atom. The van der Waals surface area contributed by atoms with Crippen LogP contribution in [0.15, 0.2) is 24.3 Å². The number of benzene rings is 1. The van der Waals surface area contributed by atoms with Gasteiger partial charge in [-0.25, -0.2) is 0 Å². The summed E-state index contributed by atoms with van der Waals surface area (Å²) in [7, 11) is 0. The summed E-state index contributed by atoms with van der Waals surface area (Å²) in [6.07, 6.45) is 5.14. The van der Waals surface area contributed by atoms with Crippen LogP contribution < -0.4 is 5.32 Å². The second kappa shape index (κ2) is 6.62. The summed E-state index contributed by atoms with van der Waals surface area (Å²) in [5.74, 6) is 0.418. The monoisotopic (exact) mass is 371 g/mol. The molecule has 0 spiro atoms. The van der Waals surface area contributed by atoms with E-state index < -0.39 is 11.7 Å². The fourth-order valence-corrected chi connectivity index (χ4v) is 6.09. The van der Waals surface area contributed by atoms with Gasteiger partial charge < -0.3 is 15.2 Å². The van der Waals surface area contributed by atoms with Crippen molar-refractivity contribution in [3.8, 4) is 0 Å². The molecule has 0 radical (unpaired) electrons. The molecule has 5 rings (SSSR count). The molecule has 0 heterocycles. The van der Waals surface area contributed by atoms with Crippen LogP contribution in [0.5, 0.6) is 0 Å². The first kappa shape index (κ1) is 18.5. The van der Waals surface area contributed by atoms with E-state index in [4.69, 9.17) is 4.74 Å². The summed E-state index contributed by atoms with van der Waals surface area (Å²) in [5.41, 5.74) is 1.09. The Labute approximate surface area is 160 Å². The normalized spacial score (nSPS) is 34.9. The first-order valence-corrected chi connectivity index (χ1v) is 10.0. The van der Waals surface area contributed by atoms with Gasteiger partial charge in [-0.05, 0) is 81.8 Å². The third-order valence-electron chi connectivity index (χ3n) is 6.67. The molecule has 2 N–H and O–H groups in total. The first-order chi connectivity index (χ1) is 12.7. The van der Waals surface area contributed by atoms with Gasteiger partial charge >= 0.3 is 5.97 Å². The molecule has 2 unspecified atom stereocenters. The van der Waals surface area contributed by atoms with Gasteiger partial charge in [0.15, 0.2) is 6.10 Å². The number of carbonyl (C=O) groups is 2. The van der Waals surface area contributed by atoms with Crippen LogP contribution in [0, 0.1) is 24.2 Å². The van der Waals surface area contributed by atoms with Gasteiger partial charge in [-0.15, -0.1) is 0 Å². The second-order valence-electron chi connectivity index (χ2n) is 9.35. The Bertz CT molecular complexity index is 727. The van der Waals surface area contributed by atoms with E-state index >= 15 is 0 Å². The number of hydrogen-bond donors (Lipinski definition) is 2. The lowest BCUT2D eigenvalue weighted by atomic mass is 9.47. The smallest absolute Gasteiger partial charge is 0.307 e. The van der Waals surface area contributed by atoms with Crippen molar-refractivity contribution in [1.82, 2.24) is 0 Å². The SMILES string of the molecule is Cc1ccc(NC(=O)[C@H](C)OC(=O)CC23C[C@@H]4C[C@@H](CC(O)(C4)C2)C3)cc1. The molecule has 146 valence electrons. The summed E-state index contributed by atoms with van der Waals surface area (Å²) in [6, 6.07) is 7.50. The number of esters is 1. The number of aliphatic hydroxyl groups is 1. The van der Waals surface area contributed by atoms with E-state index in [1.54, 1.807) is 6.92 Å². The van der Waals surface area contributed by atoms with Gasteiger partial charge in [0.1, 0.15) is 0 Å². The minimum Gasteiger partial charge on any atom is -0.453 e. The highest BCUT2D eigenvalue weighted by Gasteiger charge is 2.57. The fraction of sp³-hybridized carbons (Fsp3) is 0.636. The van der Waals surface area contributed by atoms with Crippen LogP contribution in [0.25, 0.3) is 0 Å². The largest absolute Gasteiger partial charge is 0.453 e. The summed E-state index contributed by atoms with van der Waals surface area (Å²) in [4.78, 5) is 24.9. The van der Waals surface area contributed by atoms with Gasteiger partial charge in [0.05, 0.1) is 12.0 Å². The molecule has 0 aromatic heterocycles. The zero-order chi connectivity index (χ0) is 19.2. The topological polar surface area (TPSA) is 75.6 Å². The van der Waals surface area contributed by atoms with Crippen LogP contribution in [-0.2, 0) is 14.3 Å². The molecule has 27 heavy (non-hydrogen) atoms. The van der Waals surface area contributed by atoms with Gasteiger partial charge in [-0.3, -0.25) is 9.59 Å². The van der Waals surface area contributed by atoms with Crippen molar-refractivity contribution in [2.75, 3.05) is 5.32 Å². The van der Waals surface area contributed by atoms with E-state index in [0.717, 1.165) is 31.2 Å². The molecule has 1 aromatic rings. The molecular formula is C22H29NO4. The molecule has 0 saturated heterocycles. The van der Waals surface area contributed by atoms with Crippen LogP contribution in [-0.4, -0.2) is 28.7 Å². The summed E-state index contributed by atoms with van der Waals surface area (Å²) >= 11 is 0. The van der Waals surface area contributed by atoms with Crippen LogP contribution >= 0.6 is 0 Å². The van der Waals surface area contributed by atoms with Gasteiger partial charge in [0.25, 0.3) is 5.91 Å². The molecule has 1 aromatic carbocycles. The van der Waals surface area contributed by atoms with Gasteiger partial charge in [-0.1, -0.05) is 17.7 Å². The summed E-state index contributed by atoms with van der Waals surface area (Å²) in [5, 5.41) is 13.6. The Morgan fingerprint density at radius 1 is 1.19 bits per heavy atom. The predicted molar refractivity (Wildman–Crippen MR) is 102 cm³/mol. The van der Waals surface area contributed by atoms with E-state index in [2.05, 4.69) is 5.32 Å². The number of amides is 1. The first-order valence-electron chi connectivity index (χ1n) is 10.0. The highest BCUT2D eigenvalue weighted by molar-refractivity contribution is 5.95. The third kappa shape index (κ3) is 3.88. The number of anilines is 1. The lowest BCUT2D eigenvalue weighted by Gasteiger charge is -2.60. The molecule has 4 bridgehead atoms.